The van der Waals surface area contributed by atoms with Crippen molar-refractivity contribution in [3.63, 3.8) is 0 Å². The van der Waals surface area contributed by atoms with Crippen molar-refractivity contribution in [2.45, 2.75) is 44.2 Å². The summed E-state index contributed by atoms with van der Waals surface area (Å²) < 4.78 is 10.9. The van der Waals surface area contributed by atoms with Gasteiger partial charge in [0.15, 0.2) is 0 Å². The van der Waals surface area contributed by atoms with Gasteiger partial charge < -0.3 is 14.4 Å². The number of nitrogens with zero attached hydrogens (tertiary/aromatic N) is 1. The van der Waals surface area contributed by atoms with Gasteiger partial charge in [-0.3, -0.25) is 10.1 Å². The van der Waals surface area contributed by atoms with Gasteiger partial charge in [0.25, 0.3) is 0 Å². The Hall–Kier alpha value is -0.650. The summed E-state index contributed by atoms with van der Waals surface area (Å²) in [5.74, 6) is -0.0962. The monoisotopic (exact) mass is 270 g/mol. The van der Waals surface area contributed by atoms with E-state index in [1.54, 1.807) is 0 Å². The maximum Gasteiger partial charge on any atom is 0.326 e. The minimum atomic E-state index is -0.505. The summed E-state index contributed by atoms with van der Waals surface area (Å²) in [5.41, 5.74) is -0.505. The first-order chi connectivity index (χ1) is 9.16. The predicted molar refractivity (Wildman–Crippen MR) is 73.1 cm³/mol. The van der Waals surface area contributed by atoms with Crippen molar-refractivity contribution in [1.82, 2.24) is 10.2 Å². The molecule has 0 spiro atoms. The van der Waals surface area contributed by atoms with E-state index in [1.165, 1.54) is 0 Å². The molecular weight excluding hydrogens is 244 g/mol. The van der Waals surface area contributed by atoms with Crippen molar-refractivity contribution in [2.24, 2.45) is 0 Å². The van der Waals surface area contributed by atoms with E-state index in [0.29, 0.717) is 6.61 Å². The van der Waals surface area contributed by atoms with E-state index >= 15 is 0 Å². The van der Waals surface area contributed by atoms with Gasteiger partial charge in [-0.25, -0.2) is 0 Å². The number of hydrogen-bond acceptors (Lipinski definition) is 5. The highest BCUT2D eigenvalue weighted by Crippen LogP contribution is 2.24. The van der Waals surface area contributed by atoms with Crippen LogP contribution in [0.15, 0.2) is 0 Å². The molecule has 110 valence electrons. The van der Waals surface area contributed by atoms with E-state index in [2.05, 4.69) is 17.3 Å². The van der Waals surface area contributed by atoms with Crippen LogP contribution in [0.2, 0.25) is 0 Å². The molecule has 5 nitrogen and oxygen atoms in total. The Labute approximate surface area is 115 Å². The molecule has 2 rings (SSSR count). The summed E-state index contributed by atoms with van der Waals surface area (Å²) in [6, 6.07) is 0. The molecule has 2 aliphatic rings. The van der Waals surface area contributed by atoms with Gasteiger partial charge in [-0.2, -0.15) is 0 Å². The summed E-state index contributed by atoms with van der Waals surface area (Å²) in [6.07, 6.45) is 4.10. The third-order valence-corrected chi connectivity index (χ3v) is 4.20. The van der Waals surface area contributed by atoms with Crippen LogP contribution in [0.3, 0.4) is 0 Å². The second kappa shape index (κ2) is 6.68. The summed E-state index contributed by atoms with van der Waals surface area (Å²) in [4.78, 5) is 14.5. The Morgan fingerprint density at radius 1 is 1.47 bits per heavy atom. The Kier molecular flexibility index (Phi) is 5.19. The fourth-order valence-corrected chi connectivity index (χ4v) is 2.84. The lowest BCUT2D eigenvalue weighted by Gasteiger charge is -2.39. The smallest absolute Gasteiger partial charge is 0.326 e. The average Bonchev–Trinajstić information content (AvgIpc) is 2.92. The minimum Gasteiger partial charge on any atom is -0.465 e. The highest BCUT2D eigenvalue weighted by molar-refractivity contribution is 5.81. The van der Waals surface area contributed by atoms with Gasteiger partial charge in [0, 0.05) is 26.2 Å². The van der Waals surface area contributed by atoms with Gasteiger partial charge in [-0.15, -0.1) is 0 Å². The number of carbonyl (C=O) groups is 1. The van der Waals surface area contributed by atoms with E-state index in [4.69, 9.17) is 9.47 Å². The van der Waals surface area contributed by atoms with E-state index in [0.717, 1.165) is 51.9 Å². The molecule has 2 aliphatic heterocycles. The van der Waals surface area contributed by atoms with E-state index in [9.17, 15) is 4.79 Å². The Morgan fingerprint density at radius 2 is 2.21 bits per heavy atom. The van der Waals surface area contributed by atoms with Crippen molar-refractivity contribution in [1.29, 1.82) is 0 Å². The van der Waals surface area contributed by atoms with Gasteiger partial charge in [0.1, 0.15) is 5.54 Å². The van der Waals surface area contributed by atoms with Crippen LogP contribution in [-0.2, 0) is 14.3 Å². The van der Waals surface area contributed by atoms with E-state index in [1.807, 2.05) is 6.92 Å². The first kappa shape index (κ1) is 14.8. The molecule has 0 bridgehead atoms. The number of rotatable bonds is 5. The van der Waals surface area contributed by atoms with Gasteiger partial charge in [-0.1, -0.05) is 0 Å². The molecule has 1 atom stereocenters. The summed E-state index contributed by atoms with van der Waals surface area (Å²) >= 11 is 0. The SMILES string of the molecule is CCOC(=O)C1(NCC2CCCO2)CCN(C)CC1. The van der Waals surface area contributed by atoms with E-state index < -0.39 is 5.54 Å². The zero-order valence-corrected chi connectivity index (χ0v) is 12.1. The Morgan fingerprint density at radius 3 is 2.79 bits per heavy atom. The first-order valence-corrected chi connectivity index (χ1v) is 7.39. The predicted octanol–water partition coefficient (Wildman–Crippen LogP) is 0.783. The maximum absolute atomic E-state index is 12.3. The number of ether oxygens (including phenoxy) is 2. The fourth-order valence-electron chi connectivity index (χ4n) is 2.84. The van der Waals surface area contributed by atoms with Crippen LogP contribution < -0.4 is 5.32 Å². The maximum atomic E-state index is 12.3. The van der Waals surface area contributed by atoms with Crippen molar-refractivity contribution < 1.29 is 14.3 Å². The molecule has 2 saturated heterocycles. The largest absolute Gasteiger partial charge is 0.465 e. The molecule has 0 aliphatic carbocycles. The van der Waals surface area contributed by atoms with Crippen LogP contribution in [-0.4, -0.2) is 62.4 Å². The van der Waals surface area contributed by atoms with Gasteiger partial charge in [0.05, 0.1) is 12.7 Å². The zero-order chi connectivity index (χ0) is 13.7. The van der Waals surface area contributed by atoms with Crippen LogP contribution in [0.4, 0.5) is 0 Å². The van der Waals surface area contributed by atoms with Crippen molar-refractivity contribution in [2.75, 3.05) is 39.9 Å². The van der Waals surface area contributed by atoms with Crippen molar-refractivity contribution in [3.8, 4) is 0 Å². The number of nitrogens with one attached hydrogen (secondary N) is 1. The van der Waals surface area contributed by atoms with E-state index in [-0.39, 0.29) is 12.1 Å². The van der Waals surface area contributed by atoms with Crippen LogP contribution in [0, 0.1) is 0 Å². The average molecular weight is 270 g/mol. The van der Waals surface area contributed by atoms with Crippen LogP contribution >= 0.6 is 0 Å². The molecule has 19 heavy (non-hydrogen) atoms. The molecule has 0 aromatic rings. The molecular formula is C14H26N2O3. The topological polar surface area (TPSA) is 50.8 Å². The molecule has 0 radical (unpaired) electrons. The second-order valence-electron chi connectivity index (χ2n) is 5.62. The number of likely N-dealkylation sites (tertiary alicyclic amines) is 1. The Balaban J connectivity index is 1.94. The number of carbonyl (C=O) groups excluding carboxylic acids is 1. The number of piperidine rings is 1. The summed E-state index contributed by atoms with van der Waals surface area (Å²) in [6.45, 7) is 5.76. The second-order valence-corrected chi connectivity index (χ2v) is 5.62. The highest BCUT2D eigenvalue weighted by atomic mass is 16.5. The zero-order valence-electron chi connectivity index (χ0n) is 12.1. The van der Waals surface area contributed by atoms with Crippen molar-refractivity contribution in [3.05, 3.63) is 0 Å². The molecule has 2 fully saturated rings. The van der Waals surface area contributed by atoms with Gasteiger partial charge in [-0.05, 0) is 39.7 Å². The lowest BCUT2D eigenvalue weighted by molar-refractivity contribution is -0.153. The molecule has 0 aromatic heterocycles. The third kappa shape index (κ3) is 3.68. The minimum absolute atomic E-state index is 0.0962. The summed E-state index contributed by atoms with van der Waals surface area (Å²) in [5, 5.41) is 3.46. The highest BCUT2D eigenvalue weighted by Gasteiger charge is 2.42. The molecule has 1 N–H and O–H groups in total. The fraction of sp³-hybridized carbons (Fsp3) is 0.929. The molecule has 2 heterocycles. The lowest BCUT2D eigenvalue weighted by Crippen LogP contribution is -2.59. The number of hydrogen-bond donors (Lipinski definition) is 1. The van der Waals surface area contributed by atoms with Crippen LogP contribution in [0.5, 0.6) is 0 Å². The van der Waals surface area contributed by atoms with Gasteiger partial charge >= 0.3 is 5.97 Å². The third-order valence-electron chi connectivity index (χ3n) is 4.20. The number of esters is 1. The molecule has 0 saturated carbocycles. The quantitative estimate of drug-likeness (QED) is 0.748. The van der Waals surface area contributed by atoms with Crippen molar-refractivity contribution >= 4 is 5.97 Å². The lowest BCUT2D eigenvalue weighted by atomic mass is 9.87. The van der Waals surface area contributed by atoms with Gasteiger partial charge in [0.2, 0.25) is 0 Å². The Bertz CT molecular complexity index is 295. The molecule has 0 amide bonds. The molecule has 5 heteroatoms. The van der Waals surface area contributed by atoms with Crippen LogP contribution in [0.25, 0.3) is 0 Å². The molecule has 0 aromatic carbocycles. The first-order valence-electron chi connectivity index (χ1n) is 7.39. The normalized spacial score (nSPS) is 27.4. The molecule has 1 unspecified atom stereocenters. The van der Waals surface area contributed by atoms with Crippen LogP contribution in [0.1, 0.15) is 32.6 Å². The summed E-state index contributed by atoms with van der Waals surface area (Å²) in [7, 11) is 2.09. The standard InChI is InChI=1S/C14H26N2O3/c1-3-18-13(17)14(6-8-16(2)9-7-14)15-11-12-5-4-10-19-12/h12,15H,3-11H2,1-2H3.